The third-order valence-electron chi connectivity index (χ3n) is 18.2. The van der Waals surface area contributed by atoms with E-state index in [0.29, 0.717) is 25.7 Å². The molecule has 584 valence electrons. The highest BCUT2D eigenvalue weighted by Gasteiger charge is 2.30. The minimum absolute atomic E-state index is 0.102. The summed E-state index contributed by atoms with van der Waals surface area (Å²) in [4.78, 5) is 72.8. The molecule has 0 spiro atoms. The van der Waals surface area contributed by atoms with E-state index in [-0.39, 0.29) is 25.7 Å². The normalized spacial score (nSPS) is 14.0. The lowest BCUT2D eigenvalue weighted by Gasteiger charge is -2.21. The number of ether oxygens (including phenoxy) is 4. The summed E-state index contributed by atoms with van der Waals surface area (Å²) in [6.07, 6.45) is 66.2. The van der Waals surface area contributed by atoms with Gasteiger partial charge in [0.2, 0.25) is 0 Å². The average Bonchev–Trinajstić information content (AvgIpc) is 1.17. The molecule has 3 N–H and O–H groups in total. The lowest BCUT2D eigenvalue weighted by atomic mass is 10.0. The van der Waals surface area contributed by atoms with Crippen LogP contribution in [0, 0.1) is 5.92 Å². The van der Waals surface area contributed by atoms with Gasteiger partial charge in [-0.25, -0.2) is 9.13 Å². The van der Waals surface area contributed by atoms with Crippen molar-refractivity contribution >= 4 is 39.5 Å². The van der Waals surface area contributed by atoms with Crippen molar-refractivity contribution in [2.24, 2.45) is 5.92 Å². The molecule has 19 heteroatoms. The first-order chi connectivity index (χ1) is 48.0. The van der Waals surface area contributed by atoms with E-state index in [1.165, 1.54) is 199 Å². The van der Waals surface area contributed by atoms with Crippen LogP contribution in [0.15, 0.2) is 24.3 Å². The van der Waals surface area contributed by atoms with Crippen molar-refractivity contribution in [1.82, 2.24) is 0 Å². The Balaban J connectivity index is 5.21. The minimum atomic E-state index is -4.97. The highest BCUT2D eigenvalue weighted by molar-refractivity contribution is 7.47. The molecule has 0 heterocycles. The molecule has 0 saturated carbocycles. The molecule has 0 amide bonds. The fourth-order valence-electron chi connectivity index (χ4n) is 11.9. The fourth-order valence-corrected chi connectivity index (χ4v) is 13.4. The third kappa shape index (κ3) is 73.6. The van der Waals surface area contributed by atoms with Gasteiger partial charge in [0.15, 0.2) is 12.2 Å². The molecule has 2 unspecified atom stereocenters. The van der Waals surface area contributed by atoms with Gasteiger partial charge in [-0.05, 0) is 57.3 Å². The van der Waals surface area contributed by atoms with E-state index in [9.17, 15) is 43.2 Å². The summed E-state index contributed by atoms with van der Waals surface area (Å²) >= 11 is 0. The van der Waals surface area contributed by atoms with Gasteiger partial charge in [0.25, 0.3) is 0 Å². The number of carbonyl (C=O) groups is 4. The molecule has 99 heavy (non-hydrogen) atoms. The summed E-state index contributed by atoms with van der Waals surface area (Å²) in [5.41, 5.74) is 0. The molecular formula is C80H152O17P2. The summed E-state index contributed by atoms with van der Waals surface area (Å²) in [5, 5.41) is 10.6. The molecule has 0 aromatic heterocycles. The van der Waals surface area contributed by atoms with E-state index < -0.39 is 97.5 Å². The number of aliphatic hydroxyl groups excluding tert-OH is 1. The van der Waals surface area contributed by atoms with Gasteiger partial charge in [-0.2, -0.15) is 0 Å². The quantitative estimate of drug-likeness (QED) is 0.0169. The number of hydrogen-bond donors (Lipinski definition) is 3. The second-order valence-corrected chi connectivity index (χ2v) is 31.5. The van der Waals surface area contributed by atoms with Crippen LogP contribution in [0.2, 0.25) is 0 Å². The highest BCUT2D eigenvalue weighted by Crippen LogP contribution is 2.45. The fraction of sp³-hybridized carbons (Fsp3) is 0.900. The first kappa shape index (κ1) is 96.5. The van der Waals surface area contributed by atoms with Gasteiger partial charge >= 0.3 is 39.5 Å². The van der Waals surface area contributed by atoms with Crippen LogP contribution in [0.5, 0.6) is 0 Å². The van der Waals surface area contributed by atoms with Crippen LogP contribution in [0.3, 0.4) is 0 Å². The van der Waals surface area contributed by atoms with Crippen LogP contribution in [-0.2, 0) is 65.4 Å². The first-order valence-electron chi connectivity index (χ1n) is 41.0. The number of esters is 4. The Morgan fingerprint density at radius 1 is 0.313 bits per heavy atom. The summed E-state index contributed by atoms with van der Waals surface area (Å²) < 4.78 is 68.5. The van der Waals surface area contributed by atoms with E-state index in [4.69, 9.17) is 37.0 Å². The standard InChI is InChI=1S/C80H152O17P2/c1-6-9-12-15-18-21-23-25-27-28-29-30-31-32-33-35-37-41-45-50-55-60-65-79(84)97-76(70-91-78(83)64-59-54-49-44-40-36-34-26-24-22-19-16-13-10-7-2)72-95-99(88,89)93-68-74(81)67-92-98(86,87)94-71-75(69-90-77(82)63-58-53-48-20-17-14-11-8-3)96-80(85)66-61-56-51-46-42-38-39-43-47-52-57-62-73(4)5/h22,24,26,34,73-76,81H,6-21,23,25,27-33,35-72H2,1-5H3,(H,86,87)(H,88,89)/b24-22-,34-26-/t74-,75+,76+/m0/s1. The first-order valence-corrected chi connectivity index (χ1v) is 43.9. The third-order valence-corrected chi connectivity index (χ3v) is 20.1. The summed E-state index contributed by atoms with van der Waals surface area (Å²) in [5.74, 6) is -1.38. The molecule has 5 atom stereocenters. The number of aliphatic hydroxyl groups is 1. The average molecular weight is 1450 g/mol. The predicted molar refractivity (Wildman–Crippen MR) is 404 cm³/mol. The summed E-state index contributed by atoms with van der Waals surface area (Å²) in [6.45, 7) is 7.22. The molecule has 17 nitrogen and oxygen atoms in total. The Labute approximate surface area is 605 Å². The van der Waals surface area contributed by atoms with Crippen LogP contribution in [0.1, 0.15) is 401 Å². The van der Waals surface area contributed by atoms with Gasteiger partial charge in [0.05, 0.1) is 26.4 Å². The molecule has 0 aliphatic heterocycles. The number of carbonyl (C=O) groups excluding carboxylic acids is 4. The second-order valence-electron chi connectivity index (χ2n) is 28.6. The summed E-state index contributed by atoms with van der Waals surface area (Å²) in [7, 11) is -9.92. The zero-order valence-electron chi connectivity index (χ0n) is 64.1. The molecule has 0 saturated heterocycles. The smallest absolute Gasteiger partial charge is 0.462 e. The van der Waals surface area contributed by atoms with Crippen molar-refractivity contribution in [3.8, 4) is 0 Å². The molecule has 0 rings (SSSR count). The molecule has 0 bridgehead atoms. The number of phosphoric ester groups is 2. The molecule has 0 aromatic rings. The van der Waals surface area contributed by atoms with Crippen LogP contribution < -0.4 is 0 Å². The Morgan fingerprint density at radius 3 is 0.828 bits per heavy atom. The van der Waals surface area contributed by atoms with E-state index in [2.05, 4.69) is 58.9 Å². The highest BCUT2D eigenvalue weighted by atomic mass is 31.2. The van der Waals surface area contributed by atoms with E-state index >= 15 is 0 Å². The SMILES string of the molecule is CCCCCC/C=C\C=C/CCCCCCCC(=O)OC[C@H](COP(=O)(O)OC[C@@H](O)COP(=O)(O)OC[C@@H](COC(=O)CCCCCCCCCC)OC(=O)CCCCCCCCCCCCCC(C)C)OC(=O)CCCCCCCCCCCCCCCCCCCCCCCC. The van der Waals surface area contributed by atoms with Crippen molar-refractivity contribution in [2.45, 2.75) is 419 Å². The van der Waals surface area contributed by atoms with Crippen molar-refractivity contribution < 1.29 is 80.2 Å². The lowest BCUT2D eigenvalue weighted by molar-refractivity contribution is -0.161. The Morgan fingerprint density at radius 2 is 0.545 bits per heavy atom. The van der Waals surface area contributed by atoms with Crippen molar-refractivity contribution in [1.29, 1.82) is 0 Å². The Kier molecular flexibility index (Phi) is 70.7. The number of allylic oxidation sites excluding steroid dienone is 4. The van der Waals surface area contributed by atoms with Crippen LogP contribution in [0.4, 0.5) is 0 Å². The van der Waals surface area contributed by atoms with Crippen LogP contribution >= 0.6 is 15.6 Å². The summed E-state index contributed by atoms with van der Waals surface area (Å²) in [6, 6.07) is 0. The van der Waals surface area contributed by atoms with E-state index in [0.717, 1.165) is 121 Å². The van der Waals surface area contributed by atoms with Gasteiger partial charge in [0.1, 0.15) is 19.3 Å². The van der Waals surface area contributed by atoms with Gasteiger partial charge < -0.3 is 33.8 Å². The van der Waals surface area contributed by atoms with Crippen molar-refractivity contribution in [2.75, 3.05) is 39.6 Å². The van der Waals surface area contributed by atoms with E-state index in [1.54, 1.807) is 0 Å². The van der Waals surface area contributed by atoms with E-state index in [1.807, 2.05) is 0 Å². The molecular weight excluding hydrogens is 1290 g/mol. The number of phosphoric acid groups is 2. The molecule has 0 aliphatic rings. The number of rotatable bonds is 78. The van der Waals surface area contributed by atoms with Gasteiger partial charge in [-0.15, -0.1) is 0 Å². The maximum Gasteiger partial charge on any atom is 0.472 e. The van der Waals surface area contributed by atoms with Gasteiger partial charge in [-0.1, -0.05) is 348 Å². The maximum atomic E-state index is 13.1. The van der Waals surface area contributed by atoms with Crippen molar-refractivity contribution in [3.05, 3.63) is 24.3 Å². The van der Waals surface area contributed by atoms with Gasteiger partial charge in [-0.3, -0.25) is 37.3 Å². The zero-order valence-corrected chi connectivity index (χ0v) is 65.9. The maximum absolute atomic E-state index is 13.1. The van der Waals surface area contributed by atoms with Crippen LogP contribution in [-0.4, -0.2) is 96.7 Å². The monoisotopic (exact) mass is 1450 g/mol. The Hall–Kier alpha value is -2.46. The van der Waals surface area contributed by atoms with Gasteiger partial charge in [0, 0.05) is 25.7 Å². The number of hydrogen-bond acceptors (Lipinski definition) is 15. The second kappa shape index (κ2) is 72.5. The topological polar surface area (TPSA) is 237 Å². The molecule has 0 aromatic carbocycles. The zero-order chi connectivity index (χ0) is 72.7. The molecule has 0 radical (unpaired) electrons. The van der Waals surface area contributed by atoms with Crippen LogP contribution in [0.25, 0.3) is 0 Å². The minimum Gasteiger partial charge on any atom is -0.462 e. The predicted octanol–water partition coefficient (Wildman–Crippen LogP) is 23.6. The largest absolute Gasteiger partial charge is 0.472 e. The molecule has 0 fully saturated rings. The molecule has 0 aliphatic carbocycles. The Bertz CT molecular complexity index is 1990. The number of unbranched alkanes of at least 4 members (excludes halogenated alkanes) is 47. The lowest BCUT2D eigenvalue weighted by Crippen LogP contribution is -2.30. The van der Waals surface area contributed by atoms with Crippen molar-refractivity contribution in [3.63, 3.8) is 0 Å².